The number of hydrogen-bond donors (Lipinski definition) is 0. The topological polar surface area (TPSA) is 63.2 Å². The Balaban J connectivity index is 0. The van der Waals surface area contributed by atoms with Gasteiger partial charge in [0.25, 0.3) is 0 Å². The summed E-state index contributed by atoms with van der Waals surface area (Å²) in [6.45, 7) is 0. The van der Waals surface area contributed by atoms with Crippen LogP contribution in [-0.4, -0.2) is 0 Å². The Morgan fingerprint density at radius 2 is 1.62 bits per heavy atom. The van der Waals surface area contributed by atoms with Crippen LogP contribution in [0, 0.1) is 0 Å². The zero-order chi connectivity index (χ0) is 8.48. The quantitative estimate of drug-likeness (QED) is 0.360. The van der Waals surface area contributed by atoms with E-state index < -0.39 is 7.60 Å². The Kier molecular flexibility index (Phi) is 9.22. The fraction of sp³-hybridized carbons (Fsp3) is 0. The number of halogens is 1. The molecule has 0 atom stereocenters. The SMILES string of the molecule is O=P([O-])([O-])c1ccccc1Cl.[Na+].[Na+]. The Bertz CT molecular complexity index is 315. The second kappa shape index (κ2) is 7.02. The molecule has 1 aromatic rings. The Hall–Kier alpha value is 1.66. The van der Waals surface area contributed by atoms with Gasteiger partial charge in [-0.2, -0.15) is 0 Å². The van der Waals surface area contributed by atoms with E-state index in [4.69, 9.17) is 11.6 Å². The Morgan fingerprint density at radius 1 is 1.15 bits per heavy atom. The van der Waals surface area contributed by atoms with Crippen molar-refractivity contribution in [3.63, 3.8) is 0 Å². The van der Waals surface area contributed by atoms with E-state index in [0.29, 0.717) is 0 Å². The van der Waals surface area contributed by atoms with Gasteiger partial charge in [-0.25, -0.2) is 0 Å². The van der Waals surface area contributed by atoms with Crippen LogP contribution in [0.5, 0.6) is 0 Å². The molecule has 0 aromatic heterocycles. The molecule has 13 heavy (non-hydrogen) atoms. The van der Waals surface area contributed by atoms with Crippen molar-refractivity contribution < 1.29 is 73.5 Å². The second-order valence-electron chi connectivity index (χ2n) is 1.95. The van der Waals surface area contributed by atoms with E-state index in [1.165, 1.54) is 18.2 Å². The molecular formula is C6H4ClNa2O3P. The molecular weight excluding hydrogens is 232 g/mol. The first-order valence-electron chi connectivity index (χ1n) is 2.79. The van der Waals surface area contributed by atoms with Crippen molar-refractivity contribution in [2.24, 2.45) is 0 Å². The minimum atomic E-state index is -4.69. The van der Waals surface area contributed by atoms with Crippen LogP contribution in [0.2, 0.25) is 5.02 Å². The molecule has 0 bridgehead atoms. The van der Waals surface area contributed by atoms with Gasteiger partial charge >= 0.3 is 59.1 Å². The van der Waals surface area contributed by atoms with E-state index >= 15 is 0 Å². The molecule has 0 heterocycles. The van der Waals surface area contributed by atoms with Crippen molar-refractivity contribution in [3.8, 4) is 0 Å². The normalized spacial score (nSPS) is 9.77. The molecule has 0 N–H and O–H groups in total. The van der Waals surface area contributed by atoms with E-state index in [0.717, 1.165) is 0 Å². The molecule has 0 unspecified atom stereocenters. The fourth-order valence-corrected chi connectivity index (χ4v) is 1.72. The molecule has 0 aliphatic carbocycles. The summed E-state index contributed by atoms with van der Waals surface area (Å²) in [7, 11) is -4.69. The van der Waals surface area contributed by atoms with E-state index in [-0.39, 0.29) is 69.4 Å². The van der Waals surface area contributed by atoms with Crippen LogP contribution in [-0.2, 0) is 4.57 Å². The van der Waals surface area contributed by atoms with Crippen LogP contribution >= 0.6 is 19.2 Å². The zero-order valence-electron chi connectivity index (χ0n) is 7.36. The third-order valence-corrected chi connectivity index (χ3v) is 2.59. The second-order valence-corrected chi connectivity index (χ2v) is 3.83. The number of benzene rings is 1. The molecule has 0 fully saturated rings. The Labute approximate surface area is 126 Å². The first kappa shape index (κ1) is 17.1. The predicted molar refractivity (Wildman–Crippen MR) is 38.7 cm³/mol. The maximum absolute atomic E-state index is 10.4. The van der Waals surface area contributed by atoms with Crippen molar-refractivity contribution >= 4 is 24.5 Å². The maximum Gasteiger partial charge on any atom is 1.00 e. The summed E-state index contributed by atoms with van der Waals surface area (Å²) in [6.07, 6.45) is 0. The molecule has 0 radical (unpaired) electrons. The molecule has 1 rings (SSSR count). The molecule has 0 saturated carbocycles. The minimum absolute atomic E-state index is 0. The molecule has 0 saturated heterocycles. The summed E-state index contributed by atoms with van der Waals surface area (Å²) in [5.74, 6) is 0. The van der Waals surface area contributed by atoms with Crippen molar-refractivity contribution in [3.05, 3.63) is 29.3 Å². The fourth-order valence-electron chi connectivity index (χ4n) is 0.674. The zero-order valence-corrected chi connectivity index (χ0v) is 13.0. The van der Waals surface area contributed by atoms with Gasteiger partial charge in [0.15, 0.2) is 0 Å². The number of hydrogen-bond acceptors (Lipinski definition) is 3. The van der Waals surface area contributed by atoms with Gasteiger partial charge in [-0.3, -0.25) is 0 Å². The van der Waals surface area contributed by atoms with E-state index in [1.807, 2.05) is 0 Å². The minimum Gasteiger partial charge on any atom is -0.807 e. The predicted octanol–water partition coefficient (Wildman–Crippen LogP) is -6.11. The summed E-state index contributed by atoms with van der Waals surface area (Å²) >= 11 is 5.44. The third-order valence-electron chi connectivity index (χ3n) is 1.15. The van der Waals surface area contributed by atoms with Gasteiger partial charge in [-0.05, 0) is 13.7 Å². The first-order valence-corrected chi connectivity index (χ1v) is 4.71. The van der Waals surface area contributed by atoms with E-state index in [1.54, 1.807) is 6.07 Å². The van der Waals surface area contributed by atoms with Gasteiger partial charge < -0.3 is 14.4 Å². The van der Waals surface area contributed by atoms with Crippen molar-refractivity contribution in [1.29, 1.82) is 0 Å². The van der Waals surface area contributed by atoms with Gasteiger partial charge in [0.2, 0.25) is 0 Å². The number of rotatable bonds is 1. The van der Waals surface area contributed by atoms with Crippen LogP contribution in [0.15, 0.2) is 24.3 Å². The summed E-state index contributed by atoms with van der Waals surface area (Å²) in [4.78, 5) is 20.9. The first-order chi connectivity index (χ1) is 5.02. The van der Waals surface area contributed by atoms with Gasteiger partial charge in [-0.15, -0.1) is 0 Å². The van der Waals surface area contributed by atoms with Gasteiger partial charge in [0, 0.05) is 10.3 Å². The summed E-state index contributed by atoms with van der Waals surface area (Å²) in [5, 5.41) is -0.373. The maximum atomic E-state index is 10.4. The van der Waals surface area contributed by atoms with Crippen LogP contribution in [0.3, 0.4) is 0 Å². The van der Waals surface area contributed by atoms with Gasteiger partial charge in [0.1, 0.15) is 0 Å². The van der Waals surface area contributed by atoms with Crippen molar-refractivity contribution in [1.82, 2.24) is 0 Å². The summed E-state index contributed by atoms with van der Waals surface area (Å²) in [6, 6.07) is 5.55. The summed E-state index contributed by atoms with van der Waals surface area (Å²) in [5.41, 5.74) is 0. The van der Waals surface area contributed by atoms with Crippen LogP contribution in [0.25, 0.3) is 0 Å². The molecule has 7 heteroatoms. The third kappa shape index (κ3) is 5.33. The standard InChI is InChI=1S/C6H6ClO3P.2Na/c7-5-3-1-2-4-6(5)11(8,9)10;;/h1-4H,(H2,8,9,10);;/q;2*+1/p-2. The van der Waals surface area contributed by atoms with Crippen LogP contribution < -0.4 is 74.2 Å². The van der Waals surface area contributed by atoms with Gasteiger partial charge in [-0.1, -0.05) is 29.8 Å². The molecule has 0 aliphatic heterocycles. The molecule has 60 valence electrons. The average molecular weight is 237 g/mol. The smallest absolute Gasteiger partial charge is 0.807 e. The monoisotopic (exact) mass is 236 g/mol. The van der Waals surface area contributed by atoms with E-state index in [9.17, 15) is 14.4 Å². The summed E-state index contributed by atoms with van der Waals surface area (Å²) < 4.78 is 10.4. The van der Waals surface area contributed by atoms with Crippen LogP contribution in [0.4, 0.5) is 0 Å². The molecule has 3 nitrogen and oxygen atoms in total. The molecule has 0 spiro atoms. The average Bonchev–Trinajstić information content (AvgIpc) is 1.86. The largest absolute Gasteiger partial charge is 1.00 e. The van der Waals surface area contributed by atoms with Crippen LogP contribution in [0.1, 0.15) is 0 Å². The molecule has 0 amide bonds. The van der Waals surface area contributed by atoms with Crippen molar-refractivity contribution in [2.75, 3.05) is 0 Å². The van der Waals surface area contributed by atoms with Gasteiger partial charge in [0.05, 0.1) is 0 Å². The molecule has 0 aliphatic rings. The Morgan fingerprint density at radius 3 is 1.92 bits per heavy atom. The van der Waals surface area contributed by atoms with Crippen molar-refractivity contribution in [2.45, 2.75) is 0 Å². The molecule has 1 aromatic carbocycles. The van der Waals surface area contributed by atoms with E-state index in [2.05, 4.69) is 0 Å².